The summed E-state index contributed by atoms with van der Waals surface area (Å²) in [6.45, 7) is 0. The zero-order chi connectivity index (χ0) is 18.7. The van der Waals surface area contributed by atoms with Crippen molar-refractivity contribution in [2.75, 3.05) is 5.75 Å². The molecule has 0 spiro atoms. The summed E-state index contributed by atoms with van der Waals surface area (Å²) >= 11 is 0. The van der Waals surface area contributed by atoms with Crippen LogP contribution in [0.3, 0.4) is 0 Å². The Morgan fingerprint density at radius 1 is 1.12 bits per heavy atom. The minimum absolute atomic E-state index is 0.0275. The Bertz CT molecular complexity index is 481. The molecule has 25 heavy (non-hydrogen) atoms. The van der Waals surface area contributed by atoms with E-state index in [9.17, 15) is 19.2 Å². The smallest absolute Gasteiger partial charge is 0.303 e. The third-order valence-electron chi connectivity index (χ3n) is 3.90. The second-order valence-corrected chi connectivity index (χ2v) is 8.85. The number of nitrogens with one attached hydrogen (secondary N) is 1. The van der Waals surface area contributed by atoms with Crippen molar-refractivity contribution in [3.8, 4) is 0 Å². The predicted octanol–water partition coefficient (Wildman–Crippen LogP) is 1.88. The highest BCUT2D eigenvalue weighted by atomic mass is 33.1. The van der Waals surface area contributed by atoms with Gasteiger partial charge < -0.3 is 16.2 Å². The SMILES string of the molecule is NC(=O)CC[C@H](NC(=O)CCCC[C@@H]1CCSS1)C(=O)CCC(=O)O. The largest absolute Gasteiger partial charge is 0.481 e. The number of hydrogen-bond donors (Lipinski definition) is 3. The third kappa shape index (κ3) is 10.4. The van der Waals surface area contributed by atoms with Crippen LogP contribution < -0.4 is 11.1 Å². The van der Waals surface area contributed by atoms with Crippen LogP contribution in [0, 0.1) is 0 Å². The highest BCUT2D eigenvalue weighted by Gasteiger charge is 2.22. The first-order chi connectivity index (χ1) is 11.9. The fourth-order valence-electron chi connectivity index (χ4n) is 2.49. The Morgan fingerprint density at radius 2 is 1.88 bits per heavy atom. The summed E-state index contributed by atoms with van der Waals surface area (Å²) in [7, 11) is 3.81. The van der Waals surface area contributed by atoms with Crippen LogP contribution in [0.15, 0.2) is 0 Å². The fraction of sp³-hybridized carbons (Fsp3) is 0.750. The van der Waals surface area contributed by atoms with Crippen molar-refractivity contribution in [2.24, 2.45) is 5.73 Å². The zero-order valence-electron chi connectivity index (χ0n) is 14.2. The molecule has 2 amide bonds. The van der Waals surface area contributed by atoms with Crippen molar-refractivity contribution in [1.82, 2.24) is 5.32 Å². The summed E-state index contributed by atoms with van der Waals surface area (Å²) in [6.07, 6.45) is 3.96. The summed E-state index contributed by atoms with van der Waals surface area (Å²) in [6, 6.07) is -0.846. The van der Waals surface area contributed by atoms with Gasteiger partial charge in [0.2, 0.25) is 11.8 Å². The van der Waals surface area contributed by atoms with E-state index in [0.717, 1.165) is 19.3 Å². The summed E-state index contributed by atoms with van der Waals surface area (Å²) < 4.78 is 0. The minimum Gasteiger partial charge on any atom is -0.481 e. The molecule has 0 unspecified atom stereocenters. The number of carboxylic acid groups (broad SMARTS) is 1. The van der Waals surface area contributed by atoms with E-state index in [2.05, 4.69) is 5.32 Å². The number of ketones is 1. The van der Waals surface area contributed by atoms with Gasteiger partial charge in [-0.15, -0.1) is 0 Å². The van der Waals surface area contributed by atoms with Gasteiger partial charge in [0.15, 0.2) is 5.78 Å². The standard InChI is InChI=1S/C16H26N2O5S2/c17-14(20)7-5-12(13(19)6-8-16(22)23)18-15(21)4-2-1-3-11-9-10-24-25-11/h11-12H,1-10H2,(H2,17,20)(H,18,21)(H,22,23)/t11-,12+/m1/s1. The topological polar surface area (TPSA) is 127 Å². The molecule has 0 aliphatic carbocycles. The van der Waals surface area contributed by atoms with Crippen molar-refractivity contribution in [3.63, 3.8) is 0 Å². The Hall–Kier alpha value is -1.22. The number of nitrogens with two attached hydrogens (primary N) is 1. The molecule has 1 rings (SSSR count). The molecule has 0 aromatic heterocycles. The first-order valence-electron chi connectivity index (χ1n) is 8.49. The number of carbonyl (C=O) groups is 4. The van der Waals surface area contributed by atoms with Crippen molar-refractivity contribution >= 4 is 45.2 Å². The van der Waals surface area contributed by atoms with Gasteiger partial charge in [0.1, 0.15) is 0 Å². The van der Waals surface area contributed by atoms with Gasteiger partial charge in [0.25, 0.3) is 0 Å². The number of primary amides is 1. The van der Waals surface area contributed by atoms with Gasteiger partial charge in [-0.05, 0) is 25.7 Å². The van der Waals surface area contributed by atoms with Crippen molar-refractivity contribution in [3.05, 3.63) is 0 Å². The Labute approximate surface area is 155 Å². The second kappa shape index (κ2) is 12.2. The molecule has 7 nitrogen and oxygen atoms in total. The van der Waals surface area contributed by atoms with E-state index in [1.54, 1.807) is 0 Å². The quantitative estimate of drug-likeness (QED) is 0.324. The lowest BCUT2D eigenvalue weighted by Gasteiger charge is -2.17. The maximum atomic E-state index is 12.1. The predicted molar refractivity (Wildman–Crippen MR) is 99.2 cm³/mol. The molecule has 4 N–H and O–H groups in total. The number of Topliss-reactive ketones (excluding diaryl/α,β-unsaturated/α-hetero) is 1. The van der Waals surface area contributed by atoms with Gasteiger partial charge in [-0.1, -0.05) is 28.0 Å². The van der Waals surface area contributed by atoms with Crippen LogP contribution in [0.4, 0.5) is 0 Å². The summed E-state index contributed by atoms with van der Waals surface area (Å²) in [5, 5.41) is 12.0. The molecule has 0 aromatic rings. The number of carboxylic acids is 1. The molecule has 142 valence electrons. The van der Waals surface area contributed by atoms with E-state index in [1.165, 1.54) is 12.2 Å². The zero-order valence-corrected chi connectivity index (χ0v) is 15.8. The van der Waals surface area contributed by atoms with Gasteiger partial charge in [-0.25, -0.2) is 0 Å². The Kier molecular flexibility index (Phi) is 10.6. The minimum atomic E-state index is -1.07. The van der Waals surface area contributed by atoms with Gasteiger partial charge in [0, 0.05) is 30.3 Å². The number of unbranched alkanes of at least 4 members (excludes halogenated alkanes) is 1. The van der Waals surface area contributed by atoms with Crippen LogP contribution in [-0.4, -0.2) is 45.7 Å². The van der Waals surface area contributed by atoms with Crippen molar-refractivity contribution in [1.29, 1.82) is 0 Å². The molecule has 0 radical (unpaired) electrons. The third-order valence-corrected chi connectivity index (χ3v) is 6.90. The first kappa shape index (κ1) is 21.8. The molecule has 1 saturated heterocycles. The van der Waals surface area contributed by atoms with Crippen molar-refractivity contribution < 1.29 is 24.3 Å². The molecule has 0 bridgehead atoms. The highest BCUT2D eigenvalue weighted by Crippen LogP contribution is 2.39. The van der Waals surface area contributed by atoms with E-state index in [0.29, 0.717) is 11.7 Å². The van der Waals surface area contributed by atoms with E-state index in [4.69, 9.17) is 10.8 Å². The lowest BCUT2D eigenvalue weighted by Crippen LogP contribution is -2.41. The van der Waals surface area contributed by atoms with Gasteiger partial charge in [-0.3, -0.25) is 19.2 Å². The van der Waals surface area contributed by atoms with Crippen LogP contribution in [0.2, 0.25) is 0 Å². The normalized spacial score (nSPS) is 17.8. The molecule has 1 aliphatic rings. The van der Waals surface area contributed by atoms with Crippen LogP contribution in [0.5, 0.6) is 0 Å². The maximum absolute atomic E-state index is 12.1. The number of carbonyl (C=O) groups excluding carboxylic acids is 3. The van der Waals surface area contributed by atoms with Crippen LogP contribution in [0.25, 0.3) is 0 Å². The molecule has 0 aromatic carbocycles. The fourth-order valence-corrected chi connectivity index (χ4v) is 5.52. The lowest BCUT2D eigenvalue weighted by molar-refractivity contribution is -0.139. The summed E-state index contributed by atoms with van der Waals surface area (Å²) in [5.74, 6) is -1.06. The van der Waals surface area contributed by atoms with E-state index in [-0.39, 0.29) is 37.4 Å². The Balaban J connectivity index is 2.34. The van der Waals surface area contributed by atoms with Crippen LogP contribution >= 0.6 is 21.6 Å². The Morgan fingerprint density at radius 3 is 2.48 bits per heavy atom. The van der Waals surface area contributed by atoms with E-state index in [1.807, 2.05) is 21.6 Å². The van der Waals surface area contributed by atoms with Crippen molar-refractivity contribution in [2.45, 2.75) is 69.1 Å². The van der Waals surface area contributed by atoms with Gasteiger partial charge in [0.05, 0.1) is 12.5 Å². The van der Waals surface area contributed by atoms with Gasteiger partial charge in [-0.2, -0.15) is 0 Å². The van der Waals surface area contributed by atoms with Gasteiger partial charge >= 0.3 is 5.97 Å². The molecular formula is C16H26N2O5S2. The molecule has 9 heteroatoms. The maximum Gasteiger partial charge on any atom is 0.303 e. The van der Waals surface area contributed by atoms with E-state index >= 15 is 0 Å². The monoisotopic (exact) mass is 390 g/mol. The lowest BCUT2D eigenvalue weighted by atomic mass is 10.0. The van der Waals surface area contributed by atoms with Crippen LogP contribution in [0.1, 0.15) is 57.8 Å². The average Bonchev–Trinajstić information content (AvgIpc) is 3.06. The summed E-state index contributed by atoms with van der Waals surface area (Å²) in [5.41, 5.74) is 5.09. The summed E-state index contributed by atoms with van der Waals surface area (Å²) in [4.78, 5) is 45.6. The number of hydrogen-bond acceptors (Lipinski definition) is 6. The second-order valence-electron chi connectivity index (χ2n) is 6.06. The average molecular weight is 391 g/mol. The molecule has 1 heterocycles. The first-order valence-corrected chi connectivity index (χ1v) is 10.9. The molecule has 1 aliphatic heterocycles. The molecule has 2 atom stereocenters. The van der Waals surface area contributed by atoms with E-state index < -0.39 is 17.9 Å². The number of amides is 2. The molecule has 0 saturated carbocycles. The molecule has 1 fully saturated rings. The highest BCUT2D eigenvalue weighted by molar-refractivity contribution is 8.77. The number of aliphatic carboxylic acids is 1. The molecular weight excluding hydrogens is 364 g/mol. The van der Waals surface area contributed by atoms with Crippen LogP contribution in [-0.2, 0) is 19.2 Å². The number of rotatable bonds is 13.